The summed E-state index contributed by atoms with van der Waals surface area (Å²) in [6, 6.07) is 0. The monoisotopic (exact) mass is 222 g/mol. The first kappa shape index (κ1) is 13.8. The van der Waals surface area contributed by atoms with E-state index < -0.39 is 0 Å². The van der Waals surface area contributed by atoms with E-state index in [-0.39, 0.29) is 0 Å². The number of rotatable bonds is 4. The van der Waals surface area contributed by atoms with Gasteiger partial charge in [-0.25, -0.2) is 0 Å². The summed E-state index contributed by atoms with van der Waals surface area (Å²) in [5, 5.41) is 0. The van der Waals surface area contributed by atoms with E-state index in [0.29, 0.717) is 0 Å². The molecule has 5 unspecified atom stereocenters. The molecule has 1 rings (SSSR count). The minimum Gasteiger partial charge on any atom is -0.100 e. The van der Waals surface area contributed by atoms with E-state index in [0.717, 1.165) is 29.6 Å². The molecule has 1 aliphatic carbocycles. The van der Waals surface area contributed by atoms with Crippen LogP contribution in [-0.2, 0) is 0 Å². The van der Waals surface area contributed by atoms with E-state index in [2.05, 4.69) is 41.2 Å². The molecule has 0 aromatic carbocycles. The first-order chi connectivity index (χ1) is 7.40. The van der Waals surface area contributed by atoms with Crippen LogP contribution in [0.15, 0.2) is 12.2 Å². The molecule has 0 heterocycles. The molecule has 5 atom stereocenters. The average Bonchev–Trinajstić information content (AvgIpc) is 2.12. The van der Waals surface area contributed by atoms with Crippen molar-refractivity contribution in [2.45, 2.75) is 60.3 Å². The molecule has 1 saturated carbocycles. The molecular weight excluding hydrogens is 192 g/mol. The molecule has 1 fully saturated rings. The first-order valence-electron chi connectivity index (χ1n) is 7.04. The second-order valence-electron chi connectivity index (χ2n) is 6.67. The minimum absolute atomic E-state index is 0.825. The van der Waals surface area contributed by atoms with E-state index in [4.69, 9.17) is 0 Å². The van der Waals surface area contributed by atoms with Crippen LogP contribution < -0.4 is 0 Å². The molecule has 0 bridgehead atoms. The van der Waals surface area contributed by atoms with Crippen molar-refractivity contribution in [1.82, 2.24) is 0 Å². The third-order valence-electron chi connectivity index (χ3n) is 4.60. The van der Waals surface area contributed by atoms with Gasteiger partial charge >= 0.3 is 0 Å². The molecule has 0 heteroatoms. The van der Waals surface area contributed by atoms with Gasteiger partial charge in [0.25, 0.3) is 0 Å². The number of hydrogen-bond donors (Lipinski definition) is 0. The lowest BCUT2D eigenvalue weighted by molar-refractivity contribution is 0.124. The molecule has 0 aromatic heterocycles. The van der Waals surface area contributed by atoms with Crippen LogP contribution in [0.5, 0.6) is 0 Å². The number of hydrogen-bond acceptors (Lipinski definition) is 0. The Hall–Kier alpha value is -0.260. The maximum atomic E-state index is 4.03. The molecule has 0 spiro atoms. The highest BCUT2D eigenvalue weighted by Crippen LogP contribution is 2.40. The van der Waals surface area contributed by atoms with Crippen LogP contribution in [0.3, 0.4) is 0 Å². The van der Waals surface area contributed by atoms with Crippen molar-refractivity contribution in [3.8, 4) is 0 Å². The summed E-state index contributed by atoms with van der Waals surface area (Å²) < 4.78 is 0. The van der Waals surface area contributed by atoms with Crippen LogP contribution in [0.4, 0.5) is 0 Å². The normalized spacial score (nSPS) is 37.1. The maximum Gasteiger partial charge on any atom is -0.0300 e. The topological polar surface area (TPSA) is 0 Å². The maximum absolute atomic E-state index is 4.03. The summed E-state index contributed by atoms with van der Waals surface area (Å²) >= 11 is 0. The fraction of sp³-hybridized carbons (Fsp3) is 0.875. The zero-order valence-corrected chi connectivity index (χ0v) is 11.9. The van der Waals surface area contributed by atoms with Crippen molar-refractivity contribution in [2.75, 3.05) is 0 Å². The molecule has 0 aromatic rings. The predicted molar refractivity (Wildman–Crippen MR) is 73.4 cm³/mol. The van der Waals surface area contributed by atoms with Crippen molar-refractivity contribution in [2.24, 2.45) is 29.6 Å². The molecule has 0 radical (unpaired) electrons. The van der Waals surface area contributed by atoms with Gasteiger partial charge in [-0.05, 0) is 62.2 Å². The van der Waals surface area contributed by atoms with Crippen LogP contribution >= 0.6 is 0 Å². The fourth-order valence-corrected chi connectivity index (χ4v) is 3.48. The largest absolute Gasteiger partial charge is 0.100 e. The summed E-state index contributed by atoms with van der Waals surface area (Å²) in [5.41, 5.74) is 1.34. The third-order valence-corrected chi connectivity index (χ3v) is 4.60. The van der Waals surface area contributed by atoms with Crippen LogP contribution in [0.2, 0.25) is 0 Å². The summed E-state index contributed by atoms with van der Waals surface area (Å²) in [6.07, 6.45) is 5.51. The second-order valence-corrected chi connectivity index (χ2v) is 6.67. The van der Waals surface area contributed by atoms with Gasteiger partial charge in [-0.2, -0.15) is 0 Å². The molecule has 16 heavy (non-hydrogen) atoms. The van der Waals surface area contributed by atoms with E-state index in [1.54, 1.807) is 0 Å². The summed E-state index contributed by atoms with van der Waals surface area (Å²) in [6.45, 7) is 15.9. The lowest BCUT2D eigenvalue weighted by atomic mass is 9.67. The molecule has 0 N–H and O–H groups in total. The average molecular weight is 222 g/mol. The van der Waals surface area contributed by atoms with Crippen molar-refractivity contribution in [3.63, 3.8) is 0 Å². The second kappa shape index (κ2) is 5.89. The van der Waals surface area contributed by atoms with Gasteiger partial charge in [0.1, 0.15) is 0 Å². The van der Waals surface area contributed by atoms with Crippen molar-refractivity contribution in [1.29, 1.82) is 0 Å². The molecule has 0 saturated heterocycles. The molecule has 94 valence electrons. The third kappa shape index (κ3) is 3.96. The smallest absolute Gasteiger partial charge is 0.0300 e. The van der Waals surface area contributed by atoms with E-state index in [1.807, 2.05) is 0 Å². The quantitative estimate of drug-likeness (QED) is 0.566. The van der Waals surface area contributed by atoms with Gasteiger partial charge in [0, 0.05) is 0 Å². The fourth-order valence-electron chi connectivity index (χ4n) is 3.48. The Balaban J connectivity index is 2.44. The Morgan fingerprint density at radius 2 is 1.69 bits per heavy atom. The zero-order valence-electron chi connectivity index (χ0n) is 11.9. The van der Waals surface area contributed by atoms with Crippen molar-refractivity contribution < 1.29 is 0 Å². The SMILES string of the molecule is C=C(C)CC(C)CC1CC(C)C(C)CC1C. The lowest BCUT2D eigenvalue weighted by Crippen LogP contribution is -2.28. The Morgan fingerprint density at radius 1 is 1.12 bits per heavy atom. The lowest BCUT2D eigenvalue weighted by Gasteiger charge is -2.38. The van der Waals surface area contributed by atoms with Gasteiger partial charge < -0.3 is 0 Å². The van der Waals surface area contributed by atoms with Gasteiger partial charge in [-0.1, -0.05) is 33.3 Å². The van der Waals surface area contributed by atoms with Crippen molar-refractivity contribution >= 4 is 0 Å². The standard InChI is InChI=1S/C16H30/c1-11(2)7-12(3)8-16-10-14(5)13(4)9-15(16)6/h12-16H,1,7-10H2,2-6H3. The summed E-state index contributed by atoms with van der Waals surface area (Å²) in [4.78, 5) is 0. The van der Waals surface area contributed by atoms with Gasteiger partial charge in [0.05, 0.1) is 0 Å². The molecule has 0 nitrogen and oxygen atoms in total. The Bertz CT molecular complexity index is 228. The molecule has 0 amide bonds. The number of allylic oxidation sites excluding steroid dienone is 1. The zero-order chi connectivity index (χ0) is 12.3. The molecular formula is C16H30. The molecule has 0 aliphatic heterocycles. The Morgan fingerprint density at radius 3 is 2.25 bits per heavy atom. The summed E-state index contributed by atoms with van der Waals surface area (Å²) in [7, 11) is 0. The molecule has 1 aliphatic rings. The van der Waals surface area contributed by atoms with Gasteiger partial charge in [0.15, 0.2) is 0 Å². The van der Waals surface area contributed by atoms with Gasteiger partial charge in [0.2, 0.25) is 0 Å². The van der Waals surface area contributed by atoms with Crippen LogP contribution in [-0.4, -0.2) is 0 Å². The highest BCUT2D eigenvalue weighted by atomic mass is 14.4. The van der Waals surface area contributed by atoms with Crippen molar-refractivity contribution in [3.05, 3.63) is 12.2 Å². The van der Waals surface area contributed by atoms with Crippen LogP contribution in [0.1, 0.15) is 60.3 Å². The van der Waals surface area contributed by atoms with Gasteiger partial charge in [-0.3, -0.25) is 0 Å². The Kier molecular flexibility index (Phi) is 5.08. The highest BCUT2D eigenvalue weighted by molar-refractivity contribution is 4.90. The minimum atomic E-state index is 0.825. The van der Waals surface area contributed by atoms with E-state index in [9.17, 15) is 0 Å². The predicted octanol–water partition coefficient (Wildman–Crippen LogP) is 5.30. The summed E-state index contributed by atoms with van der Waals surface area (Å²) in [5.74, 6) is 4.57. The first-order valence-corrected chi connectivity index (χ1v) is 7.04. The van der Waals surface area contributed by atoms with E-state index >= 15 is 0 Å². The Labute approximate surface area is 103 Å². The van der Waals surface area contributed by atoms with Gasteiger partial charge in [-0.15, -0.1) is 6.58 Å². The van der Waals surface area contributed by atoms with Crippen LogP contribution in [0, 0.1) is 29.6 Å². The van der Waals surface area contributed by atoms with E-state index in [1.165, 1.54) is 31.3 Å². The van der Waals surface area contributed by atoms with Crippen LogP contribution in [0.25, 0.3) is 0 Å². The highest BCUT2D eigenvalue weighted by Gasteiger charge is 2.30.